The van der Waals surface area contributed by atoms with E-state index >= 15 is 0 Å². The Morgan fingerprint density at radius 2 is 1.90 bits per heavy atom. The molecule has 2 aromatic rings. The minimum atomic E-state index is 0.0806. The molecule has 104 valence electrons. The van der Waals surface area contributed by atoms with E-state index < -0.39 is 0 Å². The summed E-state index contributed by atoms with van der Waals surface area (Å²) in [6.07, 6.45) is 0.963. The molecule has 0 aliphatic carbocycles. The fourth-order valence-electron chi connectivity index (χ4n) is 2.35. The third kappa shape index (κ3) is 2.65. The monoisotopic (exact) mass is 308 g/mol. The number of fused-ring (bicyclic) bond motifs is 1. The van der Waals surface area contributed by atoms with Gasteiger partial charge in [-0.15, -0.1) is 0 Å². The van der Waals surface area contributed by atoms with E-state index in [2.05, 4.69) is 11.4 Å². The summed E-state index contributed by atoms with van der Waals surface area (Å²) in [6, 6.07) is 11.4. The fourth-order valence-corrected chi connectivity index (χ4v) is 2.98. The second kappa shape index (κ2) is 5.43. The van der Waals surface area contributed by atoms with Gasteiger partial charge in [-0.1, -0.05) is 41.4 Å². The highest BCUT2D eigenvalue weighted by Crippen LogP contribution is 2.34. The summed E-state index contributed by atoms with van der Waals surface area (Å²) in [5, 5.41) is 4.28. The molecule has 0 amide bonds. The molecule has 1 unspecified atom stereocenters. The van der Waals surface area contributed by atoms with Gasteiger partial charge in [0.1, 0.15) is 11.9 Å². The molecule has 1 heterocycles. The number of ether oxygens (including phenoxy) is 1. The molecular weight excluding hydrogens is 295 g/mol. The number of nitrogens with one attached hydrogen (secondary N) is 1. The molecule has 1 aliphatic rings. The molecule has 3 N–H and O–H groups in total. The minimum Gasteiger partial charge on any atom is -0.488 e. The Hall–Kier alpha value is -1.58. The van der Waals surface area contributed by atoms with Crippen LogP contribution >= 0.6 is 23.2 Å². The van der Waals surface area contributed by atoms with E-state index in [1.165, 1.54) is 5.56 Å². The summed E-state index contributed by atoms with van der Waals surface area (Å²) in [6.45, 7) is 0.637. The van der Waals surface area contributed by atoms with E-state index in [0.717, 1.165) is 12.2 Å². The van der Waals surface area contributed by atoms with Gasteiger partial charge in [0.25, 0.3) is 0 Å². The molecule has 3 nitrogen and oxygen atoms in total. The first-order valence-corrected chi connectivity index (χ1v) is 7.12. The van der Waals surface area contributed by atoms with Crippen molar-refractivity contribution in [1.29, 1.82) is 0 Å². The van der Waals surface area contributed by atoms with Crippen molar-refractivity contribution in [3.8, 4) is 5.75 Å². The number of benzene rings is 2. The zero-order chi connectivity index (χ0) is 14.1. The SMILES string of the molecule is Nc1cc(Cl)c(NCC2Cc3ccccc3O2)c(Cl)c1. The Morgan fingerprint density at radius 3 is 2.60 bits per heavy atom. The first kappa shape index (κ1) is 13.4. The van der Waals surface area contributed by atoms with E-state index in [4.69, 9.17) is 33.7 Å². The van der Waals surface area contributed by atoms with Crippen LogP contribution in [0.25, 0.3) is 0 Å². The summed E-state index contributed by atoms with van der Waals surface area (Å²) in [5.74, 6) is 0.953. The van der Waals surface area contributed by atoms with Crippen LogP contribution in [0.2, 0.25) is 10.0 Å². The maximum absolute atomic E-state index is 6.14. The van der Waals surface area contributed by atoms with Crippen LogP contribution in [0.3, 0.4) is 0 Å². The standard InChI is InChI=1S/C15H14Cl2N2O/c16-12-6-10(18)7-13(17)15(12)19-8-11-5-9-3-1-2-4-14(9)20-11/h1-4,6-7,11,19H,5,8,18H2. The van der Waals surface area contributed by atoms with Gasteiger partial charge in [-0.25, -0.2) is 0 Å². The lowest BCUT2D eigenvalue weighted by molar-refractivity contribution is 0.246. The van der Waals surface area contributed by atoms with Gasteiger partial charge in [-0.05, 0) is 23.8 Å². The van der Waals surface area contributed by atoms with Crippen LogP contribution in [0.4, 0.5) is 11.4 Å². The Bertz CT molecular complexity index is 598. The second-order valence-corrected chi connectivity index (χ2v) is 5.61. The number of rotatable bonds is 3. The average Bonchev–Trinajstić information content (AvgIpc) is 2.80. The molecule has 2 aromatic carbocycles. The predicted octanol–water partition coefficient (Wildman–Crippen LogP) is 3.99. The van der Waals surface area contributed by atoms with Gasteiger partial charge in [-0.2, -0.15) is 0 Å². The summed E-state index contributed by atoms with van der Waals surface area (Å²) in [7, 11) is 0. The Balaban J connectivity index is 1.67. The van der Waals surface area contributed by atoms with Crippen LogP contribution in [-0.2, 0) is 6.42 Å². The highest BCUT2D eigenvalue weighted by Gasteiger charge is 2.22. The van der Waals surface area contributed by atoms with Gasteiger partial charge < -0.3 is 15.8 Å². The van der Waals surface area contributed by atoms with Crippen molar-refractivity contribution in [1.82, 2.24) is 0 Å². The summed E-state index contributed by atoms with van der Waals surface area (Å²) >= 11 is 12.3. The van der Waals surface area contributed by atoms with Crippen LogP contribution in [0, 0.1) is 0 Å². The van der Waals surface area contributed by atoms with Crippen molar-refractivity contribution in [2.45, 2.75) is 12.5 Å². The normalized spacial score (nSPS) is 16.6. The van der Waals surface area contributed by atoms with E-state index in [-0.39, 0.29) is 6.10 Å². The van der Waals surface area contributed by atoms with Gasteiger partial charge in [0.05, 0.1) is 22.3 Å². The first-order chi connectivity index (χ1) is 9.63. The molecule has 0 saturated heterocycles. The van der Waals surface area contributed by atoms with Crippen LogP contribution in [0.15, 0.2) is 36.4 Å². The van der Waals surface area contributed by atoms with E-state index in [1.54, 1.807) is 12.1 Å². The quantitative estimate of drug-likeness (QED) is 0.843. The molecule has 1 aliphatic heterocycles. The van der Waals surface area contributed by atoms with Crippen LogP contribution in [0.5, 0.6) is 5.75 Å². The molecule has 1 atom stereocenters. The maximum Gasteiger partial charge on any atom is 0.123 e. The Kier molecular flexibility index (Phi) is 3.64. The Labute approximate surface area is 127 Å². The van der Waals surface area contributed by atoms with Crippen LogP contribution in [-0.4, -0.2) is 12.6 Å². The highest BCUT2D eigenvalue weighted by molar-refractivity contribution is 6.39. The van der Waals surface area contributed by atoms with Crippen molar-refractivity contribution in [3.63, 3.8) is 0 Å². The van der Waals surface area contributed by atoms with Gasteiger partial charge in [0, 0.05) is 12.1 Å². The molecule has 3 rings (SSSR count). The molecule has 0 saturated carbocycles. The lowest BCUT2D eigenvalue weighted by Crippen LogP contribution is -2.24. The zero-order valence-corrected chi connectivity index (χ0v) is 12.2. The molecule has 0 aromatic heterocycles. The first-order valence-electron chi connectivity index (χ1n) is 6.36. The molecule has 0 spiro atoms. The number of hydrogen-bond donors (Lipinski definition) is 2. The number of para-hydroxylation sites is 1. The van der Waals surface area contributed by atoms with E-state index in [0.29, 0.717) is 28.0 Å². The maximum atomic E-state index is 6.14. The molecule has 5 heteroatoms. The van der Waals surface area contributed by atoms with Crippen LogP contribution < -0.4 is 15.8 Å². The number of halogens is 2. The molecule has 0 fully saturated rings. The molecule has 20 heavy (non-hydrogen) atoms. The zero-order valence-electron chi connectivity index (χ0n) is 10.7. The molecule has 0 bridgehead atoms. The largest absolute Gasteiger partial charge is 0.488 e. The van der Waals surface area contributed by atoms with Gasteiger partial charge in [0.2, 0.25) is 0 Å². The van der Waals surface area contributed by atoms with Crippen molar-refractivity contribution in [2.75, 3.05) is 17.6 Å². The fraction of sp³-hybridized carbons (Fsp3) is 0.200. The molecule has 0 radical (unpaired) electrons. The summed E-state index contributed by atoms with van der Waals surface area (Å²) < 4.78 is 5.86. The lowest BCUT2D eigenvalue weighted by Gasteiger charge is -2.15. The number of nitrogens with two attached hydrogens (primary N) is 1. The van der Waals surface area contributed by atoms with Crippen molar-refractivity contribution in [2.24, 2.45) is 0 Å². The van der Waals surface area contributed by atoms with Crippen molar-refractivity contribution < 1.29 is 4.74 Å². The topological polar surface area (TPSA) is 47.3 Å². The van der Waals surface area contributed by atoms with Crippen LogP contribution in [0.1, 0.15) is 5.56 Å². The second-order valence-electron chi connectivity index (χ2n) is 4.79. The average molecular weight is 309 g/mol. The number of anilines is 2. The Morgan fingerprint density at radius 1 is 1.20 bits per heavy atom. The smallest absolute Gasteiger partial charge is 0.123 e. The van der Waals surface area contributed by atoms with E-state index in [9.17, 15) is 0 Å². The summed E-state index contributed by atoms with van der Waals surface area (Å²) in [4.78, 5) is 0. The van der Waals surface area contributed by atoms with Gasteiger partial charge >= 0.3 is 0 Å². The highest BCUT2D eigenvalue weighted by atomic mass is 35.5. The predicted molar refractivity (Wildman–Crippen MR) is 83.9 cm³/mol. The number of nitrogen functional groups attached to an aromatic ring is 1. The molecular formula is C15H14Cl2N2O. The minimum absolute atomic E-state index is 0.0806. The van der Waals surface area contributed by atoms with Gasteiger partial charge in [-0.3, -0.25) is 0 Å². The third-order valence-electron chi connectivity index (χ3n) is 3.28. The number of hydrogen-bond acceptors (Lipinski definition) is 3. The third-order valence-corrected chi connectivity index (χ3v) is 3.88. The van der Waals surface area contributed by atoms with Crippen molar-refractivity contribution >= 4 is 34.6 Å². The van der Waals surface area contributed by atoms with Gasteiger partial charge in [0.15, 0.2) is 0 Å². The van der Waals surface area contributed by atoms with Crippen molar-refractivity contribution in [3.05, 3.63) is 52.0 Å². The summed E-state index contributed by atoms with van der Waals surface area (Å²) in [5.41, 5.74) is 8.16. The van der Waals surface area contributed by atoms with E-state index in [1.807, 2.05) is 18.2 Å². The lowest BCUT2D eigenvalue weighted by atomic mass is 10.1.